The quantitative estimate of drug-likeness (QED) is 0.210. The maximum Gasteiger partial charge on any atom is 0.167 e. The van der Waals surface area contributed by atoms with Gasteiger partial charge in [-0.25, -0.2) is 15.0 Å². The molecule has 3 heterocycles. The lowest BCUT2D eigenvalue weighted by Gasteiger charge is -2.22. The van der Waals surface area contributed by atoms with Crippen LogP contribution in [0.3, 0.4) is 0 Å². The third-order valence-corrected chi connectivity index (χ3v) is 9.93. The Bertz CT molecular complexity index is 2940. The summed E-state index contributed by atoms with van der Waals surface area (Å²) in [6, 6.07) is 25.7. The molecule has 0 bridgehead atoms. The number of aromatic nitrogens is 3. The zero-order chi connectivity index (χ0) is 37.7. The zero-order valence-corrected chi connectivity index (χ0v) is 28.4. The van der Waals surface area contributed by atoms with Gasteiger partial charge >= 0.3 is 0 Å². The fourth-order valence-corrected chi connectivity index (χ4v) is 7.02. The standard InChI is InChI=1S/C39H13B10N3O2/c40-25-23(26(41)30(45)33(48)29(25)44)38-50-37(51-39(52-38)24-27(42)31(46)34(49)32(47)28(24)43)19-9-4-8-18-20-13-14(11-12-22(20)54-36(18)19)15-6-3-7-17-16-5-1-2-10-21(16)53-35(15)17/h1-13H. The smallest absolute Gasteiger partial charge is 0.167 e. The lowest BCUT2D eigenvalue weighted by atomic mass is 9.60. The number of hydrogen-bond donors (Lipinski definition) is 0. The Labute approximate surface area is 323 Å². The summed E-state index contributed by atoms with van der Waals surface area (Å²) < 4.78 is 12.9. The normalized spacial score (nSPS) is 11.7. The van der Waals surface area contributed by atoms with Gasteiger partial charge in [0.15, 0.2) is 17.5 Å². The van der Waals surface area contributed by atoms with E-state index in [0.717, 1.165) is 43.8 Å². The number of nitrogens with zero attached hydrogens (tertiary/aromatic N) is 3. The van der Waals surface area contributed by atoms with E-state index >= 15 is 0 Å². The first-order chi connectivity index (χ1) is 25.9. The molecule has 9 aromatic rings. The molecule has 0 atom stereocenters. The third-order valence-electron chi connectivity index (χ3n) is 9.93. The Morgan fingerprint density at radius 3 is 1.35 bits per heavy atom. The largest absolute Gasteiger partial charge is 0.455 e. The number of benzene rings is 6. The molecule has 6 aromatic carbocycles. The number of para-hydroxylation sites is 3. The second-order valence-corrected chi connectivity index (χ2v) is 13.0. The van der Waals surface area contributed by atoms with Gasteiger partial charge in [-0.2, -0.15) is 0 Å². The van der Waals surface area contributed by atoms with Crippen LogP contribution >= 0.6 is 0 Å². The summed E-state index contributed by atoms with van der Waals surface area (Å²) in [4.78, 5) is 14.3. The summed E-state index contributed by atoms with van der Waals surface area (Å²) in [5.74, 6) is 0.128. The molecule has 5 nitrogen and oxygen atoms in total. The van der Waals surface area contributed by atoms with Crippen LogP contribution < -0.4 is 54.6 Å². The maximum atomic E-state index is 6.52. The maximum absolute atomic E-state index is 6.52. The Morgan fingerprint density at radius 2 is 0.778 bits per heavy atom. The van der Waals surface area contributed by atoms with E-state index in [1.54, 1.807) is 6.07 Å². The predicted octanol–water partition coefficient (Wildman–Crippen LogP) is -1.72. The first-order valence-corrected chi connectivity index (χ1v) is 16.6. The molecule has 0 N–H and O–H groups in total. The van der Waals surface area contributed by atoms with Gasteiger partial charge in [0.05, 0.1) is 5.56 Å². The van der Waals surface area contributed by atoms with E-state index in [9.17, 15) is 0 Å². The highest BCUT2D eigenvalue weighted by Gasteiger charge is 2.23. The molecule has 0 spiro atoms. The summed E-state index contributed by atoms with van der Waals surface area (Å²) in [5.41, 5.74) is 5.48. The molecule has 54 heavy (non-hydrogen) atoms. The number of hydrogen-bond acceptors (Lipinski definition) is 5. The number of furan rings is 2. The van der Waals surface area contributed by atoms with E-state index in [4.69, 9.17) is 97.3 Å². The minimum absolute atomic E-state index is 0.00789. The predicted molar refractivity (Wildman–Crippen MR) is 230 cm³/mol. The summed E-state index contributed by atoms with van der Waals surface area (Å²) in [6.45, 7) is 0. The molecule has 0 saturated heterocycles. The summed E-state index contributed by atoms with van der Waals surface area (Å²) in [7, 11) is 63.1. The van der Waals surface area contributed by atoms with Crippen molar-refractivity contribution in [3.05, 3.63) is 78.9 Å². The second kappa shape index (κ2) is 12.6. The molecule has 9 rings (SSSR count). The van der Waals surface area contributed by atoms with Gasteiger partial charge in [-0.15, -0.1) is 32.8 Å². The van der Waals surface area contributed by atoms with E-state index in [1.807, 2.05) is 54.6 Å². The fourth-order valence-electron chi connectivity index (χ4n) is 7.02. The average molecular weight is 664 g/mol. The average Bonchev–Trinajstić information content (AvgIpc) is 3.76. The summed E-state index contributed by atoms with van der Waals surface area (Å²) in [5, 5.41) is 3.73. The summed E-state index contributed by atoms with van der Waals surface area (Å²) in [6.07, 6.45) is 0. The van der Waals surface area contributed by atoms with Gasteiger partial charge < -0.3 is 8.83 Å². The molecule has 0 unspecified atom stereocenters. The highest BCUT2D eigenvalue weighted by molar-refractivity contribution is 6.69. The van der Waals surface area contributed by atoms with E-state index in [-0.39, 0.29) is 83.2 Å². The first kappa shape index (κ1) is 34.4. The molecule has 3 aromatic heterocycles. The minimum atomic E-state index is -0.00880. The van der Waals surface area contributed by atoms with Crippen LogP contribution in [0.25, 0.3) is 89.2 Å². The number of fused-ring (bicyclic) bond motifs is 6. The van der Waals surface area contributed by atoms with Crippen molar-refractivity contribution in [1.29, 1.82) is 0 Å². The molecular formula is C39H13B10N3O2. The lowest BCUT2D eigenvalue weighted by Crippen LogP contribution is -2.55. The zero-order valence-electron chi connectivity index (χ0n) is 28.4. The van der Waals surface area contributed by atoms with Crippen LogP contribution in [0.5, 0.6) is 0 Å². The summed E-state index contributed by atoms with van der Waals surface area (Å²) >= 11 is 0. The van der Waals surface area contributed by atoms with Gasteiger partial charge in [-0.3, -0.25) is 0 Å². The molecule has 226 valence electrons. The Kier molecular flexibility index (Phi) is 8.00. The van der Waals surface area contributed by atoms with Crippen LogP contribution in [0.2, 0.25) is 0 Å². The van der Waals surface area contributed by atoms with Gasteiger partial charge in [0, 0.05) is 38.2 Å². The Morgan fingerprint density at radius 1 is 0.352 bits per heavy atom. The van der Waals surface area contributed by atoms with Crippen LogP contribution in [-0.2, 0) is 0 Å². The molecule has 20 radical (unpaired) electrons. The molecule has 0 saturated carbocycles. The van der Waals surface area contributed by atoms with E-state index in [1.165, 1.54) is 0 Å². The van der Waals surface area contributed by atoms with Crippen LogP contribution in [0.4, 0.5) is 0 Å². The molecule has 0 amide bonds. The molecule has 0 fully saturated rings. The second-order valence-electron chi connectivity index (χ2n) is 13.0. The van der Waals surface area contributed by atoms with Crippen LogP contribution in [0.15, 0.2) is 87.7 Å². The van der Waals surface area contributed by atoms with Crippen molar-refractivity contribution in [3.63, 3.8) is 0 Å². The van der Waals surface area contributed by atoms with Crippen molar-refractivity contribution in [3.8, 4) is 45.3 Å². The molecule has 15 heteroatoms. The van der Waals surface area contributed by atoms with E-state index < -0.39 is 0 Å². The third kappa shape index (κ3) is 5.04. The molecule has 0 aliphatic rings. The van der Waals surface area contributed by atoms with Crippen molar-refractivity contribution >= 4 is 177 Å². The van der Waals surface area contributed by atoms with E-state index in [2.05, 4.69) is 23.2 Å². The van der Waals surface area contributed by atoms with Gasteiger partial charge in [0.25, 0.3) is 0 Å². The van der Waals surface area contributed by atoms with Gasteiger partial charge in [-0.05, 0) is 29.8 Å². The highest BCUT2D eigenvalue weighted by Crippen LogP contribution is 2.40. The highest BCUT2D eigenvalue weighted by atomic mass is 16.3. The molecule has 0 aliphatic carbocycles. The van der Waals surface area contributed by atoms with Crippen molar-refractivity contribution in [2.75, 3.05) is 0 Å². The van der Waals surface area contributed by atoms with Gasteiger partial charge in [-0.1, -0.05) is 76.4 Å². The first-order valence-electron chi connectivity index (χ1n) is 16.6. The Hall–Kier alpha value is -5.42. The van der Waals surface area contributed by atoms with Crippen molar-refractivity contribution in [2.24, 2.45) is 0 Å². The van der Waals surface area contributed by atoms with Gasteiger partial charge in [0.1, 0.15) is 101 Å². The minimum Gasteiger partial charge on any atom is -0.455 e. The van der Waals surface area contributed by atoms with Crippen molar-refractivity contribution in [2.45, 2.75) is 0 Å². The Balaban J connectivity index is 1.29. The molecular weight excluding hydrogens is 651 g/mol. The number of rotatable bonds is 4. The SMILES string of the molecule is [B]c1c([B])c([B])c(-c2nc(-c3c([B])c([B])c([B])c([B])c3[B])nc(-c3cccc4c3oc3ccc(-c5cccc6c5oc5ccccc56)cc34)n2)c([B])c1[B]. The van der Waals surface area contributed by atoms with Crippen LogP contribution in [0.1, 0.15) is 0 Å². The van der Waals surface area contributed by atoms with Crippen molar-refractivity contribution in [1.82, 2.24) is 15.0 Å². The van der Waals surface area contributed by atoms with Crippen LogP contribution in [0, 0.1) is 0 Å². The monoisotopic (exact) mass is 665 g/mol. The van der Waals surface area contributed by atoms with E-state index in [0.29, 0.717) is 16.7 Å². The lowest BCUT2D eigenvalue weighted by molar-refractivity contribution is 0.668. The fraction of sp³-hybridized carbons (Fsp3) is 0. The molecule has 0 aliphatic heterocycles. The topological polar surface area (TPSA) is 65.0 Å². The van der Waals surface area contributed by atoms with Gasteiger partial charge in [0.2, 0.25) is 0 Å². The van der Waals surface area contributed by atoms with Crippen LogP contribution in [-0.4, -0.2) is 93.4 Å². The van der Waals surface area contributed by atoms with Crippen molar-refractivity contribution < 1.29 is 8.83 Å².